The molecule has 140 valence electrons. The molecule has 0 radical (unpaired) electrons. The predicted octanol–water partition coefficient (Wildman–Crippen LogP) is 4.49. The molecular formula is C20H23FN6. The Kier molecular flexibility index (Phi) is 4.22. The summed E-state index contributed by atoms with van der Waals surface area (Å²) in [6.45, 7) is 3.99. The van der Waals surface area contributed by atoms with Crippen molar-refractivity contribution in [2.45, 2.75) is 38.1 Å². The molecule has 6 nitrogen and oxygen atoms in total. The van der Waals surface area contributed by atoms with Gasteiger partial charge in [0.2, 0.25) is 0 Å². The molecule has 5 N–H and O–H groups in total. The highest BCUT2D eigenvalue weighted by molar-refractivity contribution is 5.67. The fourth-order valence-corrected chi connectivity index (χ4v) is 3.01. The number of aromatic amines is 1. The highest BCUT2D eigenvalue weighted by atomic mass is 19.1. The molecule has 1 aromatic carbocycles. The van der Waals surface area contributed by atoms with E-state index in [1.54, 1.807) is 18.2 Å². The molecule has 1 fully saturated rings. The number of benzene rings is 1. The van der Waals surface area contributed by atoms with Crippen LogP contribution in [0.25, 0.3) is 0 Å². The van der Waals surface area contributed by atoms with E-state index in [-0.39, 0.29) is 5.82 Å². The zero-order valence-corrected chi connectivity index (χ0v) is 15.4. The molecule has 1 saturated carbocycles. The van der Waals surface area contributed by atoms with Gasteiger partial charge in [-0.15, -0.1) is 0 Å². The standard InChI is InChI=1S/C20H23FN6/c1-20(2,13-5-7-14(21)8-6-13)25-19-15(22)9-10-17(24-19)23-18-11-16(26-27-18)12-3-4-12/h5-12H,3-4,22H2,1-2H3,(H3,23,24,25,26,27). The molecule has 3 aromatic rings. The number of nitrogen functional groups attached to an aromatic ring is 1. The Hall–Kier alpha value is -3.09. The van der Waals surface area contributed by atoms with Gasteiger partial charge < -0.3 is 16.4 Å². The van der Waals surface area contributed by atoms with Crippen LogP contribution in [0.5, 0.6) is 0 Å². The molecule has 2 heterocycles. The number of pyridine rings is 1. The number of nitrogens with zero attached hydrogens (tertiary/aromatic N) is 2. The lowest BCUT2D eigenvalue weighted by Gasteiger charge is -2.28. The van der Waals surface area contributed by atoms with Crippen molar-refractivity contribution >= 4 is 23.1 Å². The maximum absolute atomic E-state index is 13.2. The van der Waals surface area contributed by atoms with Crippen LogP contribution in [0.4, 0.5) is 27.5 Å². The van der Waals surface area contributed by atoms with Crippen molar-refractivity contribution in [1.29, 1.82) is 0 Å². The third kappa shape index (κ3) is 3.86. The summed E-state index contributed by atoms with van der Waals surface area (Å²) in [5.41, 5.74) is 8.27. The number of hydrogen-bond donors (Lipinski definition) is 4. The summed E-state index contributed by atoms with van der Waals surface area (Å²) in [4.78, 5) is 4.59. The van der Waals surface area contributed by atoms with Gasteiger partial charge in [0.05, 0.1) is 11.2 Å². The predicted molar refractivity (Wildman–Crippen MR) is 106 cm³/mol. The van der Waals surface area contributed by atoms with Gasteiger partial charge >= 0.3 is 0 Å². The molecule has 0 atom stereocenters. The lowest BCUT2D eigenvalue weighted by Crippen LogP contribution is -2.29. The summed E-state index contributed by atoms with van der Waals surface area (Å²) in [5.74, 6) is 2.30. The maximum atomic E-state index is 13.2. The van der Waals surface area contributed by atoms with Crippen LogP contribution in [-0.2, 0) is 5.54 Å². The van der Waals surface area contributed by atoms with Crippen LogP contribution in [0.15, 0.2) is 42.5 Å². The van der Waals surface area contributed by atoms with Crippen LogP contribution in [0, 0.1) is 5.82 Å². The molecule has 7 heteroatoms. The number of nitrogens with one attached hydrogen (secondary N) is 3. The van der Waals surface area contributed by atoms with Gasteiger partial charge in [-0.05, 0) is 56.5 Å². The summed E-state index contributed by atoms with van der Waals surface area (Å²) in [5, 5.41) is 13.9. The van der Waals surface area contributed by atoms with Gasteiger partial charge in [-0.1, -0.05) is 12.1 Å². The van der Waals surface area contributed by atoms with E-state index in [9.17, 15) is 4.39 Å². The minimum Gasteiger partial charge on any atom is -0.396 e. The molecule has 4 rings (SSSR count). The van der Waals surface area contributed by atoms with Gasteiger partial charge in [0, 0.05) is 17.7 Å². The maximum Gasteiger partial charge on any atom is 0.153 e. The fourth-order valence-electron chi connectivity index (χ4n) is 3.01. The lowest BCUT2D eigenvalue weighted by atomic mass is 9.94. The van der Waals surface area contributed by atoms with Crippen molar-refractivity contribution in [2.24, 2.45) is 0 Å². The first kappa shape index (κ1) is 17.3. The van der Waals surface area contributed by atoms with Crippen molar-refractivity contribution < 1.29 is 4.39 Å². The van der Waals surface area contributed by atoms with Crippen LogP contribution in [0.2, 0.25) is 0 Å². The fraction of sp³-hybridized carbons (Fsp3) is 0.300. The average molecular weight is 366 g/mol. The first-order chi connectivity index (χ1) is 12.9. The van der Waals surface area contributed by atoms with E-state index in [0.717, 1.165) is 17.1 Å². The van der Waals surface area contributed by atoms with E-state index in [4.69, 9.17) is 5.73 Å². The molecule has 0 saturated heterocycles. The van der Waals surface area contributed by atoms with Crippen LogP contribution >= 0.6 is 0 Å². The normalized spacial score (nSPS) is 14.2. The first-order valence-corrected chi connectivity index (χ1v) is 9.04. The first-order valence-electron chi connectivity index (χ1n) is 9.04. The Morgan fingerprint density at radius 2 is 1.85 bits per heavy atom. The molecule has 0 unspecified atom stereocenters. The van der Waals surface area contributed by atoms with Gasteiger partial charge in [0.25, 0.3) is 0 Å². The van der Waals surface area contributed by atoms with Gasteiger partial charge in [-0.25, -0.2) is 9.37 Å². The lowest BCUT2D eigenvalue weighted by molar-refractivity contribution is 0.596. The zero-order chi connectivity index (χ0) is 19.0. The SMILES string of the molecule is CC(C)(Nc1nc(Nc2cc(C3CC3)[nH]n2)ccc1N)c1ccc(F)cc1. The minimum atomic E-state index is -0.473. The summed E-state index contributed by atoms with van der Waals surface area (Å²) in [7, 11) is 0. The van der Waals surface area contributed by atoms with E-state index in [2.05, 4.69) is 25.8 Å². The second-order valence-corrected chi connectivity index (χ2v) is 7.50. The van der Waals surface area contributed by atoms with Gasteiger partial charge in [-0.2, -0.15) is 5.10 Å². The summed E-state index contributed by atoms with van der Waals surface area (Å²) in [6.07, 6.45) is 2.43. The molecule has 27 heavy (non-hydrogen) atoms. The van der Waals surface area contributed by atoms with E-state index in [0.29, 0.717) is 23.2 Å². The summed E-state index contributed by atoms with van der Waals surface area (Å²) < 4.78 is 13.2. The largest absolute Gasteiger partial charge is 0.396 e. The van der Waals surface area contributed by atoms with E-state index >= 15 is 0 Å². The number of anilines is 4. The molecular weight excluding hydrogens is 343 g/mol. The Balaban J connectivity index is 1.53. The van der Waals surface area contributed by atoms with Crippen LogP contribution < -0.4 is 16.4 Å². The van der Waals surface area contributed by atoms with Crippen molar-refractivity contribution in [2.75, 3.05) is 16.4 Å². The minimum absolute atomic E-state index is 0.261. The molecule has 2 aromatic heterocycles. The molecule has 0 amide bonds. The third-order valence-corrected chi connectivity index (χ3v) is 4.79. The molecule has 1 aliphatic rings. The molecule has 0 aliphatic heterocycles. The average Bonchev–Trinajstić information content (AvgIpc) is 3.38. The number of nitrogens with two attached hydrogens (primary N) is 1. The Morgan fingerprint density at radius 1 is 1.11 bits per heavy atom. The number of H-pyrrole nitrogens is 1. The monoisotopic (exact) mass is 366 g/mol. The van der Waals surface area contributed by atoms with Gasteiger partial charge in [0.15, 0.2) is 11.6 Å². The van der Waals surface area contributed by atoms with Crippen molar-refractivity contribution in [3.8, 4) is 0 Å². The Morgan fingerprint density at radius 3 is 2.56 bits per heavy atom. The quantitative estimate of drug-likeness (QED) is 0.516. The number of hydrogen-bond acceptors (Lipinski definition) is 5. The van der Waals surface area contributed by atoms with E-state index in [1.165, 1.54) is 25.0 Å². The number of rotatable bonds is 6. The Bertz CT molecular complexity index is 943. The summed E-state index contributed by atoms with van der Waals surface area (Å²) >= 11 is 0. The van der Waals surface area contributed by atoms with Crippen LogP contribution in [0.1, 0.15) is 43.9 Å². The van der Waals surface area contributed by atoms with Gasteiger partial charge in [-0.3, -0.25) is 5.10 Å². The van der Waals surface area contributed by atoms with Crippen molar-refractivity contribution in [3.05, 3.63) is 59.5 Å². The number of aromatic nitrogens is 3. The molecule has 0 spiro atoms. The smallest absolute Gasteiger partial charge is 0.153 e. The van der Waals surface area contributed by atoms with Crippen LogP contribution in [0.3, 0.4) is 0 Å². The summed E-state index contributed by atoms with van der Waals surface area (Å²) in [6, 6.07) is 12.0. The highest BCUT2D eigenvalue weighted by Crippen LogP contribution is 2.39. The third-order valence-electron chi connectivity index (χ3n) is 4.79. The second-order valence-electron chi connectivity index (χ2n) is 7.50. The topological polar surface area (TPSA) is 91.6 Å². The highest BCUT2D eigenvalue weighted by Gasteiger charge is 2.26. The van der Waals surface area contributed by atoms with E-state index in [1.807, 2.05) is 26.0 Å². The van der Waals surface area contributed by atoms with Crippen molar-refractivity contribution in [1.82, 2.24) is 15.2 Å². The molecule has 1 aliphatic carbocycles. The number of halogens is 1. The van der Waals surface area contributed by atoms with Gasteiger partial charge in [0.1, 0.15) is 11.6 Å². The van der Waals surface area contributed by atoms with Crippen molar-refractivity contribution in [3.63, 3.8) is 0 Å². The second kappa shape index (κ2) is 6.57. The molecule has 0 bridgehead atoms. The zero-order valence-electron chi connectivity index (χ0n) is 15.4. The van der Waals surface area contributed by atoms with E-state index < -0.39 is 5.54 Å². The van der Waals surface area contributed by atoms with Crippen LogP contribution in [-0.4, -0.2) is 15.2 Å². The Labute approximate surface area is 157 Å².